The molecule has 0 atom stereocenters. The molecule has 0 aliphatic rings. The minimum absolute atomic E-state index is 0.0782. The van der Waals surface area contributed by atoms with Gasteiger partial charge in [-0.25, -0.2) is 0 Å². The van der Waals surface area contributed by atoms with Crippen LogP contribution in [-0.2, 0) is 11.3 Å². The molecule has 86 valence electrons. The third-order valence-electron chi connectivity index (χ3n) is 2.63. The summed E-state index contributed by atoms with van der Waals surface area (Å²) in [6.45, 7) is 1.92. The first-order valence-electron chi connectivity index (χ1n) is 5.42. The number of amides is 1. The molecule has 3 nitrogen and oxygen atoms in total. The highest BCUT2D eigenvalue weighted by atomic mass is 16.1. The summed E-state index contributed by atoms with van der Waals surface area (Å²) in [5.74, 6) is -0.0782. The Kier molecular flexibility index (Phi) is 3.19. The third kappa shape index (κ3) is 2.50. The van der Waals surface area contributed by atoms with Crippen LogP contribution in [0.2, 0.25) is 0 Å². The van der Waals surface area contributed by atoms with Gasteiger partial charge >= 0.3 is 0 Å². The molecule has 17 heavy (non-hydrogen) atoms. The van der Waals surface area contributed by atoms with Crippen molar-refractivity contribution in [3.8, 4) is 0 Å². The summed E-state index contributed by atoms with van der Waals surface area (Å²) in [5, 5.41) is 4.82. The van der Waals surface area contributed by atoms with Gasteiger partial charge in [0.05, 0.1) is 0 Å². The van der Waals surface area contributed by atoms with Gasteiger partial charge in [-0.05, 0) is 28.5 Å². The smallest absolute Gasteiger partial charge is 0.217 e. The molecule has 0 radical (unpaired) electrons. The van der Waals surface area contributed by atoms with E-state index in [1.807, 2.05) is 36.4 Å². The molecule has 1 N–H and O–H groups in total. The van der Waals surface area contributed by atoms with E-state index in [0.29, 0.717) is 12.1 Å². The van der Waals surface area contributed by atoms with Gasteiger partial charge in [0, 0.05) is 19.0 Å². The SMILES string of the molecule is CC(=O)NCc1cc(C=O)cc2ccccc12. The topological polar surface area (TPSA) is 46.2 Å². The van der Waals surface area contributed by atoms with Crippen molar-refractivity contribution in [2.45, 2.75) is 13.5 Å². The van der Waals surface area contributed by atoms with Crippen molar-refractivity contribution in [2.75, 3.05) is 0 Å². The van der Waals surface area contributed by atoms with Gasteiger partial charge in [0.2, 0.25) is 5.91 Å². The molecule has 2 aromatic carbocycles. The van der Waals surface area contributed by atoms with Gasteiger partial charge in [0.1, 0.15) is 6.29 Å². The Hall–Kier alpha value is -2.16. The Morgan fingerprint density at radius 3 is 2.76 bits per heavy atom. The van der Waals surface area contributed by atoms with Gasteiger partial charge in [-0.2, -0.15) is 0 Å². The molecule has 0 heterocycles. The number of nitrogens with one attached hydrogen (secondary N) is 1. The van der Waals surface area contributed by atoms with E-state index in [-0.39, 0.29) is 5.91 Å². The van der Waals surface area contributed by atoms with E-state index in [0.717, 1.165) is 22.6 Å². The Morgan fingerprint density at radius 1 is 1.29 bits per heavy atom. The molecule has 0 unspecified atom stereocenters. The average molecular weight is 227 g/mol. The third-order valence-corrected chi connectivity index (χ3v) is 2.63. The van der Waals surface area contributed by atoms with Crippen LogP contribution in [0.4, 0.5) is 0 Å². The number of carbonyl (C=O) groups is 2. The summed E-state index contributed by atoms with van der Waals surface area (Å²) in [5.41, 5.74) is 1.59. The Morgan fingerprint density at radius 2 is 2.06 bits per heavy atom. The quantitative estimate of drug-likeness (QED) is 0.818. The second kappa shape index (κ2) is 4.78. The number of benzene rings is 2. The fraction of sp³-hybridized carbons (Fsp3) is 0.143. The molecule has 0 saturated carbocycles. The first-order valence-corrected chi connectivity index (χ1v) is 5.42. The molecule has 2 aromatic rings. The molecular weight excluding hydrogens is 214 g/mol. The maximum absolute atomic E-state index is 10.9. The highest BCUT2D eigenvalue weighted by Crippen LogP contribution is 2.20. The second-order valence-corrected chi connectivity index (χ2v) is 3.93. The van der Waals surface area contributed by atoms with E-state index in [1.165, 1.54) is 6.92 Å². The lowest BCUT2D eigenvalue weighted by molar-refractivity contribution is -0.119. The van der Waals surface area contributed by atoms with E-state index >= 15 is 0 Å². The number of aldehydes is 1. The van der Waals surface area contributed by atoms with Gasteiger partial charge in [-0.15, -0.1) is 0 Å². The number of rotatable bonds is 3. The fourth-order valence-corrected chi connectivity index (χ4v) is 1.85. The van der Waals surface area contributed by atoms with Crippen molar-refractivity contribution < 1.29 is 9.59 Å². The highest BCUT2D eigenvalue weighted by molar-refractivity contribution is 5.91. The van der Waals surface area contributed by atoms with E-state index < -0.39 is 0 Å². The maximum Gasteiger partial charge on any atom is 0.217 e. The van der Waals surface area contributed by atoms with Gasteiger partial charge in [0.15, 0.2) is 0 Å². The molecule has 1 amide bonds. The summed E-state index contributed by atoms with van der Waals surface area (Å²) in [6, 6.07) is 11.5. The minimum atomic E-state index is -0.0782. The maximum atomic E-state index is 10.9. The number of fused-ring (bicyclic) bond motifs is 1. The van der Waals surface area contributed by atoms with Crippen LogP contribution in [-0.4, -0.2) is 12.2 Å². The summed E-state index contributed by atoms with van der Waals surface area (Å²) >= 11 is 0. The first-order chi connectivity index (χ1) is 8.20. The van der Waals surface area contributed by atoms with Crippen LogP contribution in [0.5, 0.6) is 0 Å². The molecule has 2 rings (SSSR count). The highest BCUT2D eigenvalue weighted by Gasteiger charge is 2.04. The van der Waals surface area contributed by atoms with E-state index in [2.05, 4.69) is 5.32 Å². The molecule has 0 aliphatic heterocycles. The van der Waals surface area contributed by atoms with Crippen LogP contribution in [0.3, 0.4) is 0 Å². The summed E-state index contributed by atoms with van der Waals surface area (Å²) < 4.78 is 0. The molecule has 0 fully saturated rings. The van der Waals surface area contributed by atoms with Crippen molar-refractivity contribution >= 4 is 23.0 Å². The molecule has 3 heteroatoms. The summed E-state index contributed by atoms with van der Waals surface area (Å²) in [6.07, 6.45) is 0.823. The Labute approximate surface area is 99.4 Å². The fourth-order valence-electron chi connectivity index (χ4n) is 1.85. The number of hydrogen-bond acceptors (Lipinski definition) is 2. The molecular formula is C14H13NO2. The van der Waals surface area contributed by atoms with Crippen LogP contribution in [0.1, 0.15) is 22.8 Å². The molecule has 0 spiro atoms. The standard InChI is InChI=1S/C14H13NO2/c1-10(17)15-8-13-7-11(9-16)6-12-4-2-3-5-14(12)13/h2-7,9H,8H2,1H3,(H,15,17). The van der Waals surface area contributed by atoms with E-state index in [4.69, 9.17) is 0 Å². The number of carbonyl (C=O) groups excluding carboxylic acids is 2. The van der Waals surface area contributed by atoms with Gasteiger partial charge in [-0.1, -0.05) is 24.3 Å². The lowest BCUT2D eigenvalue weighted by Crippen LogP contribution is -2.19. The van der Waals surface area contributed by atoms with Crippen LogP contribution in [0.25, 0.3) is 10.8 Å². The lowest BCUT2D eigenvalue weighted by Gasteiger charge is -2.08. The lowest BCUT2D eigenvalue weighted by atomic mass is 10.0. The van der Waals surface area contributed by atoms with E-state index in [1.54, 1.807) is 0 Å². The average Bonchev–Trinajstić information content (AvgIpc) is 2.35. The van der Waals surface area contributed by atoms with Crippen LogP contribution in [0, 0.1) is 0 Å². The van der Waals surface area contributed by atoms with Crippen LogP contribution in [0.15, 0.2) is 36.4 Å². The molecule has 0 bridgehead atoms. The van der Waals surface area contributed by atoms with Crippen LogP contribution < -0.4 is 5.32 Å². The van der Waals surface area contributed by atoms with Gasteiger partial charge in [-0.3, -0.25) is 9.59 Å². The van der Waals surface area contributed by atoms with Crippen LogP contribution >= 0.6 is 0 Å². The van der Waals surface area contributed by atoms with Crippen molar-refractivity contribution in [3.63, 3.8) is 0 Å². The predicted octanol–water partition coefficient (Wildman–Crippen LogP) is 2.29. The summed E-state index contributed by atoms with van der Waals surface area (Å²) in [7, 11) is 0. The van der Waals surface area contributed by atoms with Crippen molar-refractivity contribution in [1.82, 2.24) is 5.32 Å². The van der Waals surface area contributed by atoms with Gasteiger partial charge in [0.25, 0.3) is 0 Å². The number of hydrogen-bond donors (Lipinski definition) is 1. The van der Waals surface area contributed by atoms with Crippen molar-refractivity contribution in [3.05, 3.63) is 47.5 Å². The molecule has 0 aliphatic carbocycles. The molecule has 0 saturated heterocycles. The zero-order chi connectivity index (χ0) is 12.3. The Bertz CT molecular complexity index is 575. The minimum Gasteiger partial charge on any atom is -0.352 e. The second-order valence-electron chi connectivity index (χ2n) is 3.93. The normalized spacial score (nSPS) is 10.2. The zero-order valence-electron chi connectivity index (χ0n) is 9.57. The van der Waals surface area contributed by atoms with E-state index in [9.17, 15) is 9.59 Å². The predicted molar refractivity (Wildman–Crippen MR) is 66.9 cm³/mol. The zero-order valence-corrected chi connectivity index (χ0v) is 9.57. The molecule has 0 aromatic heterocycles. The Balaban J connectivity index is 2.50. The summed E-state index contributed by atoms with van der Waals surface area (Å²) in [4.78, 5) is 21.8. The van der Waals surface area contributed by atoms with Gasteiger partial charge < -0.3 is 5.32 Å². The monoisotopic (exact) mass is 227 g/mol. The largest absolute Gasteiger partial charge is 0.352 e. The first kappa shape index (κ1) is 11.3. The van der Waals surface area contributed by atoms with Crippen molar-refractivity contribution in [1.29, 1.82) is 0 Å². The van der Waals surface area contributed by atoms with Crippen molar-refractivity contribution in [2.24, 2.45) is 0 Å².